The minimum absolute atomic E-state index is 0.111. The van der Waals surface area contributed by atoms with Gasteiger partial charge in [-0.2, -0.15) is 0 Å². The topological polar surface area (TPSA) is 59.1 Å². The standard InChI is InChI=1S/C22H32N2O4/c1-23(12-9-17-10-13-28-14-11-17)22(26)19-7-8-21(25)24(16-19)15-18-5-3-4-6-20(18)27-2/h3-6,17,19H,7-16H2,1-2H3. The van der Waals surface area contributed by atoms with Crippen molar-refractivity contribution >= 4 is 11.8 Å². The van der Waals surface area contributed by atoms with E-state index < -0.39 is 0 Å². The Hall–Kier alpha value is -2.08. The highest BCUT2D eigenvalue weighted by Crippen LogP contribution is 2.25. The van der Waals surface area contributed by atoms with Gasteiger partial charge >= 0.3 is 0 Å². The van der Waals surface area contributed by atoms with Gasteiger partial charge in [0.1, 0.15) is 5.75 Å². The average Bonchev–Trinajstić information content (AvgIpc) is 2.74. The van der Waals surface area contributed by atoms with E-state index in [9.17, 15) is 9.59 Å². The fourth-order valence-corrected chi connectivity index (χ4v) is 4.14. The van der Waals surface area contributed by atoms with Crippen LogP contribution in [0, 0.1) is 11.8 Å². The summed E-state index contributed by atoms with van der Waals surface area (Å²) in [5, 5.41) is 0. The Balaban J connectivity index is 1.55. The van der Waals surface area contributed by atoms with Gasteiger partial charge in [-0.3, -0.25) is 9.59 Å². The lowest BCUT2D eigenvalue weighted by Gasteiger charge is -2.34. The molecule has 2 aliphatic rings. The molecule has 154 valence electrons. The van der Waals surface area contributed by atoms with E-state index in [0.717, 1.165) is 50.3 Å². The third-order valence-electron chi connectivity index (χ3n) is 5.99. The monoisotopic (exact) mass is 388 g/mol. The van der Waals surface area contributed by atoms with Gasteiger partial charge in [-0.25, -0.2) is 0 Å². The zero-order valence-corrected chi connectivity index (χ0v) is 17.1. The van der Waals surface area contributed by atoms with Crippen molar-refractivity contribution < 1.29 is 19.1 Å². The molecule has 0 radical (unpaired) electrons. The zero-order chi connectivity index (χ0) is 19.9. The summed E-state index contributed by atoms with van der Waals surface area (Å²) in [6.45, 7) is 3.42. The first-order valence-electron chi connectivity index (χ1n) is 10.3. The number of rotatable bonds is 7. The number of carbonyl (C=O) groups is 2. The first-order valence-corrected chi connectivity index (χ1v) is 10.3. The van der Waals surface area contributed by atoms with Gasteiger partial charge in [-0.1, -0.05) is 18.2 Å². The molecule has 0 bridgehead atoms. The minimum atomic E-state index is -0.118. The van der Waals surface area contributed by atoms with Crippen LogP contribution in [0.4, 0.5) is 0 Å². The maximum absolute atomic E-state index is 12.9. The van der Waals surface area contributed by atoms with E-state index in [1.807, 2.05) is 36.2 Å². The molecule has 2 heterocycles. The third-order valence-corrected chi connectivity index (χ3v) is 5.99. The Morgan fingerprint density at radius 3 is 2.75 bits per heavy atom. The summed E-state index contributed by atoms with van der Waals surface area (Å²) >= 11 is 0. The third kappa shape index (κ3) is 5.25. The molecule has 0 aliphatic carbocycles. The van der Waals surface area contributed by atoms with Gasteiger partial charge in [0, 0.05) is 51.9 Å². The van der Waals surface area contributed by atoms with Crippen molar-refractivity contribution in [2.24, 2.45) is 11.8 Å². The highest BCUT2D eigenvalue weighted by Gasteiger charge is 2.32. The Kier molecular flexibility index (Phi) is 7.31. The summed E-state index contributed by atoms with van der Waals surface area (Å²) in [7, 11) is 3.53. The van der Waals surface area contributed by atoms with Gasteiger partial charge in [0.25, 0.3) is 0 Å². The molecule has 6 heteroatoms. The molecule has 6 nitrogen and oxygen atoms in total. The fourth-order valence-electron chi connectivity index (χ4n) is 4.14. The van der Waals surface area contributed by atoms with E-state index in [1.54, 1.807) is 12.0 Å². The molecule has 2 aliphatic heterocycles. The predicted octanol–water partition coefficient (Wildman–Crippen LogP) is 2.71. The van der Waals surface area contributed by atoms with E-state index in [4.69, 9.17) is 9.47 Å². The molecular weight excluding hydrogens is 356 g/mol. The van der Waals surface area contributed by atoms with Gasteiger partial charge in [0.15, 0.2) is 0 Å². The summed E-state index contributed by atoms with van der Waals surface area (Å²) < 4.78 is 10.8. The molecule has 2 amide bonds. The number of hydrogen-bond acceptors (Lipinski definition) is 4. The Labute approximate surface area is 167 Å². The Bertz CT molecular complexity index is 672. The van der Waals surface area contributed by atoms with Crippen LogP contribution in [0.1, 0.15) is 37.7 Å². The highest BCUT2D eigenvalue weighted by molar-refractivity contribution is 5.83. The van der Waals surface area contributed by atoms with Crippen molar-refractivity contribution in [3.05, 3.63) is 29.8 Å². The second-order valence-corrected chi connectivity index (χ2v) is 7.93. The zero-order valence-electron chi connectivity index (χ0n) is 17.1. The predicted molar refractivity (Wildman–Crippen MR) is 107 cm³/mol. The van der Waals surface area contributed by atoms with E-state index in [2.05, 4.69) is 0 Å². The Morgan fingerprint density at radius 2 is 2.00 bits per heavy atom. The number of carbonyl (C=O) groups excluding carboxylic acids is 2. The van der Waals surface area contributed by atoms with Gasteiger partial charge in [0.2, 0.25) is 11.8 Å². The quantitative estimate of drug-likeness (QED) is 0.721. The summed E-state index contributed by atoms with van der Waals surface area (Å²) in [6.07, 6.45) is 4.28. The van der Waals surface area contributed by atoms with Gasteiger partial charge in [0.05, 0.1) is 13.0 Å². The molecule has 1 unspecified atom stereocenters. The lowest BCUT2D eigenvalue weighted by Crippen LogP contribution is -2.46. The second-order valence-electron chi connectivity index (χ2n) is 7.93. The molecule has 0 spiro atoms. The molecule has 1 aromatic rings. The van der Waals surface area contributed by atoms with E-state index in [0.29, 0.717) is 31.8 Å². The maximum atomic E-state index is 12.9. The van der Waals surface area contributed by atoms with Crippen molar-refractivity contribution in [2.75, 3.05) is 40.5 Å². The molecule has 1 atom stereocenters. The summed E-state index contributed by atoms with van der Waals surface area (Å²) in [6, 6.07) is 7.73. The number of likely N-dealkylation sites (tertiary alicyclic amines) is 1. The van der Waals surface area contributed by atoms with Crippen LogP contribution in [0.15, 0.2) is 24.3 Å². The van der Waals surface area contributed by atoms with Crippen LogP contribution in [-0.4, -0.2) is 62.1 Å². The summed E-state index contributed by atoms with van der Waals surface area (Å²) in [4.78, 5) is 29.0. The highest BCUT2D eigenvalue weighted by atomic mass is 16.5. The van der Waals surface area contributed by atoms with Gasteiger partial charge in [-0.05, 0) is 37.7 Å². The van der Waals surface area contributed by atoms with Crippen molar-refractivity contribution in [3.8, 4) is 5.75 Å². The van der Waals surface area contributed by atoms with Gasteiger partial charge in [-0.15, -0.1) is 0 Å². The molecule has 2 saturated heterocycles. The van der Waals surface area contributed by atoms with Crippen LogP contribution in [-0.2, 0) is 20.9 Å². The minimum Gasteiger partial charge on any atom is -0.496 e. The molecule has 28 heavy (non-hydrogen) atoms. The smallest absolute Gasteiger partial charge is 0.227 e. The van der Waals surface area contributed by atoms with Crippen LogP contribution >= 0.6 is 0 Å². The lowest BCUT2D eigenvalue weighted by atomic mass is 9.94. The number of ether oxygens (including phenoxy) is 2. The van der Waals surface area contributed by atoms with Gasteiger partial charge < -0.3 is 19.3 Å². The molecule has 0 saturated carbocycles. The van der Waals surface area contributed by atoms with Crippen LogP contribution < -0.4 is 4.74 Å². The number of benzene rings is 1. The normalized spacial score (nSPS) is 20.9. The van der Waals surface area contributed by atoms with Crippen molar-refractivity contribution in [1.29, 1.82) is 0 Å². The van der Waals surface area contributed by atoms with E-state index in [-0.39, 0.29) is 17.7 Å². The van der Waals surface area contributed by atoms with Crippen LogP contribution in [0.2, 0.25) is 0 Å². The second kappa shape index (κ2) is 9.92. The first kappa shape index (κ1) is 20.6. The van der Waals surface area contributed by atoms with E-state index >= 15 is 0 Å². The number of para-hydroxylation sites is 1. The number of piperidine rings is 1. The molecular formula is C22H32N2O4. The van der Waals surface area contributed by atoms with Crippen molar-refractivity contribution in [3.63, 3.8) is 0 Å². The van der Waals surface area contributed by atoms with E-state index in [1.165, 1.54) is 0 Å². The van der Waals surface area contributed by atoms with Crippen LogP contribution in [0.3, 0.4) is 0 Å². The average molecular weight is 389 g/mol. The SMILES string of the molecule is COc1ccccc1CN1CC(C(=O)N(C)CCC2CCOCC2)CCC1=O. The molecule has 1 aromatic carbocycles. The van der Waals surface area contributed by atoms with Crippen LogP contribution in [0.5, 0.6) is 5.75 Å². The Morgan fingerprint density at radius 1 is 1.25 bits per heavy atom. The number of methoxy groups -OCH3 is 1. The molecule has 0 N–H and O–H groups in total. The molecule has 0 aromatic heterocycles. The number of nitrogens with zero attached hydrogens (tertiary/aromatic N) is 2. The molecule has 3 rings (SSSR count). The lowest BCUT2D eigenvalue weighted by molar-refractivity contribution is -0.142. The number of hydrogen-bond donors (Lipinski definition) is 0. The summed E-state index contributed by atoms with van der Waals surface area (Å²) in [5.41, 5.74) is 0.972. The van der Waals surface area contributed by atoms with Crippen molar-refractivity contribution in [1.82, 2.24) is 9.80 Å². The first-order chi connectivity index (χ1) is 13.6. The fraction of sp³-hybridized carbons (Fsp3) is 0.636. The van der Waals surface area contributed by atoms with Crippen molar-refractivity contribution in [2.45, 2.75) is 38.6 Å². The van der Waals surface area contributed by atoms with Crippen LogP contribution in [0.25, 0.3) is 0 Å². The number of amides is 2. The summed E-state index contributed by atoms with van der Waals surface area (Å²) in [5.74, 6) is 1.58. The molecule has 2 fully saturated rings. The maximum Gasteiger partial charge on any atom is 0.227 e. The largest absolute Gasteiger partial charge is 0.496 e.